The van der Waals surface area contributed by atoms with Crippen LogP contribution in [0.5, 0.6) is 0 Å². The number of carbonyl (C=O) groups is 1. The molecule has 0 radical (unpaired) electrons. The summed E-state index contributed by atoms with van der Waals surface area (Å²) in [6.45, 7) is 0. The van der Waals surface area contributed by atoms with Crippen molar-refractivity contribution in [1.82, 2.24) is 4.90 Å². The van der Waals surface area contributed by atoms with E-state index in [4.69, 9.17) is 27.9 Å². The molecule has 0 spiro atoms. The van der Waals surface area contributed by atoms with Crippen LogP contribution in [-0.4, -0.2) is 24.0 Å². The molecule has 156 valence electrons. The Morgan fingerprint density at radius 3 is 2.19 bits per heavy atom. The van der Waals surface area contributed by atoms with E-state index in [9.17, 15) is 10.1 Å². The lowest BCUT2D eigenvalue weighted by Crippen LogP contribution is -2.49. The van der Waals surface area contributed by atoms with Gasteiger partial charge in [0.1, 0.15) is 12.2 Å². The van der Waals surface area contributed by atoms with Crippen molar-refractivity contribution in [2.45, 2.75) is 24.7 Å². The summed E-state index contributed by atoms with van der Waals surface area (Å²) in [5.74, 6) is -0.104. The topological polar surface area (TPSA) is 53.3 Å². The van der Waals surface area contributed by atoms with Crippen LogP contribution in [0.4, 0.5) is 0 Å². The highest BCUT2D eigenvalue weighted by molar-refractivity contribution is 6.30. The van der Waals surface area contributed by atoms with E-state index in [2.05, 4.69) is 6.07 Å². The number of halogens is 2. The molecule has 0 bridgehead atoms. The standard InChI is InChI=1S/C25H20Cl2N2O2/c1-29-23(18-5-9-20(26)10-6-18)24(19-7-11-21(27)12-8-19)31-22(25(29)30)14-16-3-2-4-17(13-16)15-28/h2-13,22-24H,14H2,1H3/t22-,23+,24-/m1/s1. The molecule has 1 heterocycles. The van der Waals surface area contributed by atoms with Crippen molar-refractivity contribution >= 4 is 29.1 Å². The minimum Gasteiger partial charge on any atom is -0.358 e. The summed E-state index contributed by atoms with van der Waals surface area (Å²) in [6, 6.07) is 24.0. The van der Waals surface area contributed by atoms with Gasteiger partial charge in [-0.15, -0.1) is 0 Å². The average molecular weight is 451 g/mol. The summed E-state index contributed by atoms with van der Waals surface area (Å²) in [5, 5.41) is 10.4. The molecule has 0 saturated carbocycles. The Bertz CT molecular complexity index is 1120. The van der Waals surface area contributed by atoms with Gasteiger partial charge < -0.3 is 9.64 Å². The van der Waals surface area contributed by atoms with Crippen molar-refractivity contribution in [1.29, 1.82) is 5.26 Å². The Balaban J connectivity index is 1.70. The first-order chi connectivity index (χ1) is 15.0. The Morgan fingerprint density at radius 1 is 0.968 bits per heavy atom. The maximum Gasteiger partial charge on any atom is 0.252 e. The highest BCUT2D eigenvalue weighted by Gasteiger charge is 2.42. The smallest absolute Gasteiger partial charge is 0.252 e. The van der Waals surface area contributed by atoms with E-state index in [0.29, 0.717) is 22.0 Å². The van der Waals surface area contributed by atoms with Gasteiger partial charge in [-0.1, -0.05) is 59.6 Å². The van der Waals surface area contributed by atoms with E-state index < -0.39 is 6.10 Å². The molecule has 0 aliphatic carbocycles. The van der Waals surface area contributed by atoms with Crippen molar-refractivity contribution in [2.24, 2.45) is 0 Å². The number of morpholine rings is 1. The van der Waals surface area contributed by atoms with Crippen LogP contribution in [0.3, 0.4) is 0 Å². The van der Waals surface area contributed by atoms with E-state index in [1.54, 1.807) is 24.1 Å². The fourth-order valence-corrected chi connectivity index (χ4v) is 4.22. The van der Waals surface area contributed by atoms with Gasteiger partial charge in [0.2, 0.25) is 0 Å². The minimum atomic E-state index is -0.664. The number of carbonyl (C=O) groups excluding carboxylic acids is 1. The van der Waals surface area contributed by atoms with Crippen molar-refractivity contribution in [3.8, 4) is 6.07 Å². The summed E-state index contributed by atoms with van der Waals surface area (Å²) < 4.78 is 6.42. The molecule has 3 aromatic rings. The molecule has 3 aromatic carbocycles. The third-order valence-corrected chi connectivity index (χ3v) is 6.03. The zero-order valence-corrected chi connectivity index (χ0v) is 18.3. The highest BCUT2D eigenvalue weighted by Crippen LogP contribution is 2.42. The Kier molecular flexibility index (Phi) is 6.29. The van der Waals surface area contributed by atoms with E-state index in [1.165, 1.54) is 0 Å². The van der Waals surface area contributed by atoms with Gasteiger partial charge in [0.15, 0.2) is 0 Å². The first-order valence-corrected chi connectivity index (χ1v) is 10.6. The van der Waals surface area contributed by atoms with Crippen LogP contribution in [0, 0.1) is 11.3 Å². The Morgan fingerprint density at radius 2 is 1.58 bits per heavy atom. The largest absolute Gasteiger partial charge is 0.358 e. The zero-order valence-electron chi connectivity index (χ0n) is 16.8. The number of likely N-dealkylation sites (N-methyl/N-ethyl adjacent to an activating group) is 1. The van der Waals surface area contributed by atoms with Crippen molar-refractivity contribution in [3.63, 3.8) is 0 Å². The molecule has 1 aliphatic heterocycles. The summed E-state index contributed by atoms with van der Waals surface area (Å²) in [6.07, 6.45) is -0.663. The molecule has 3 atom stereocenters. The molecule has 6 heteroatoms. The van der Waals surface area contributed by atoms with E-state index in [0.717, 1.165) is 16.7 Å². The SMILES string of the molecule is CN1C(=O)[C@@H](Cc2cccc(C#N)c2)O[C@H](c2ccc(Cl)cc2)[C@@H]1c1ccc(Cl)cc1. The van der Waals surface area contributed by atoms with Crippen LogP contribution in [0.1, 0.15) is 34.4 Å². The number of hydrogen-bond donors (Lipinski definition) is 0. The van der Waals surface area contributed by atoms with Gasteiger partial charge in [-0.2, -0.15) is 5.26 Å². The molecule has 4 nitrogen and oxygen atoms in total. The quantitative estimate of drug-likeness (QED) is 0.508. The predicted octanol–water partition coefficient (Wildman–Crippen LogP) is 5.75. The lowest BCUT2D eigenvalue weighted by molar-refractivity contribution is -0.171. The molecule has 1 saturated heterocycles. The second-order valence-corrected chi connectivity index (χ2v) is 8.43. The molecule has 1 amide bonds. The molecule has 31 heavy (non-hydrogen) atoms. The predicted molar refractivity (Wildman–Crippen MR) is 121 cm³/mol. The second-order valence-electron chi connectivity index (χ2n) is 7.56. The number of benzene rings is 3. The van der Waals surface area contributed by atoms with Gasteiger partial charge in [0.05, 0.1) is 17.7 Å². The first kappa shape index (κ1) is 21.4. The van der Waals surface area contributed by atoms with Gasteiger partial charge in [-0.25, -0.2) is 0 Å². The number of amides is 1. The first-order valence-electron chi connectivity index (χ1n) is 9.88. The van der Waals surface area contributed by atoms with Crippen LogP contribution >= 0.6 is 23.2 Å². The maximum absolute atomic E-state index is 13.3. The third-order valence-electron chi connectivity index (χ3n) is 5.53. The molecule has 1 aliphatic rings. The summed E-state index contributed by atoms with van der Waals surface area (Å²) >= 11 is 12.2. The average Bonchev–Trinajstić information content (AvgIpc) is 2.78. The van der Waals surface area contributed by atoms with Crippen LogP contribution in [0.15, 0.2) is 72.8 Å². The molecule has 4 rings (SSSR count). The zero-order chi connectivity index (χ0) is 22.0. The normalized spacial score (nSPS) is 21.0. The molecule has 0 N–H and O–H groups in total. The molecule has 0 aromatic heterocycles. The molecule has 0 unspecified atom stereocenters. The van der Waals surface area contributed by atoms with Crippen molar-refractivity contribution < 1.29 is 9.53 Å². The van der Waals surface area contributed by atoms with Crippen LogP contribution in [0.25, 0.3) is 0 Å². The van der Waals surface area contributed by atoms with E-state index in [-0.39, 0.29) is 18.1 Å². The number of ether oxygens (including phenoxy) is 1. The number of rotatable bonds is 4. The Hall–Kier alpha value is -2.84. The maximum atomic E-state index is 13.3. The minimum absolute atomic E-state index is 0.104. The van der Waals surface area contributed by atoms with E-state index >= 15 is 0 Å². The fourth-order valence-electron chi connectivity index (χ4n) is 3.97. The number of nitriles is 1. The van der Waals surface area contributed by atoms with Gasteiger partial charge in [0, 0.05) is 23.5 Å². The van der Waals surface area contributed by atoms with Gasteiger partial charge in [-0.3, -0.25) is 4.79 Å². The molecular weight excluding hydrogens is 431 g/mol. The Labute approximate surface area is 191 Å². The third kappa shape index (κ3) is 4.60. The fraction of sp³-hybridized carbons (Fsp3) is 0.200. The van der Waals surface area contributed by atoms with Crippen LogP contribution in [0.2, 0.25) is 10.0 Å². The van der Waals surface area contributed by atoms with Gasteiger partial charge in [-0.05, 0) is 53.1 Å². The number of nitrogens with zero attached hydrogens (tertiary/aromatic N) is 2. The van der Waals surface area contributed by atoms with E-state index in [1.807, 2.05) is 60.7 Å². The molecule has 1 fully saturated rings. The lowest BCUT2D eigenvalue weighted by Gasteiger charge is -2.43. The van der Waals surface area contributed by atoms with Crippen molar-refractivity contribution in [2.75, 3.05) is 7.05 Å². The monoisotopic (exact) mass is 450 g/mol. The van der Waals surface area contributed by atoms with Crippen molar-refractivity contribution in [3.05, 3.63) is 105 Å². The summed E-state index contributed by atoms with van der Waals surface area (Å²) in [4.78, 5) is 15.0. The number of hydrogen-bond acceptors (Lipinski definition) is 3. The highest BCUT2D eigenvalue weighted by atomic mass is 35.5. The molecular formula is C25H20Cl2N2O2. The van der Waals surface area contributed by atoms with Gasteiger partial charge >= 0.3 is 0 Å². The van der Waals surface area contributed by atoms with Crippen LogP contribution in [-0.2, 0) is 16.0 Å². The summed E-state index contributed by atoms with van der Waals surface area (Å²) in [5.41, 5.74) is 3.30. The second kappa shape index (κ2) is 9.11. The summed E-state index contributed by atoms with van der Waals surface area (Å²) in [7, 11) is 1.80. The van der Waals surface area contributed by atoms with Crippen LogP contribution < -0.4 is 0 Å². The van der Waals surface area contributed by atoms with Gasteiger partial charge in [0.25, 0.3) is 5.91 Å². The lowest BCUT2D eigenvalue weighted by atomic mass is 9.91.